The maximum atomic E-state index is 11.8. The van der Waals surface area contributed by atoms with Gasteiger partial charge in [-0.05, 0) is 25.3 Å². The predicted molar refractivity (Wildman–Crippen MR) is 70.0 cm³/mol. The summed E-state index contributed by atoms with van der Waals surface area (Å²) < 4.78 is 2.00. The number of carbonyl (C=O) groups is 1. The normalized spacial score (nSPS) is 13.0. The van der Waals surface area contributed by atoms with E-state index in [4.69, 9.17) is 0 Å². The molecular formula is C14H24N2O. The quantitative estimate of drug-likeness (QED) is 0.727. The van der Waals surface area contributed by atoms with E-state index in [-0.39, 0.29) is 5.92 Å². The van der Waals surface area contributed by atoms with E-state index in [1.807, 2.05) is 30.8 Å². The molecule has 0 saturated carbocycles. The van der Waals surface area contributed by atoms with Crippen molar-refractivity contribution in [2.45, 2.75) is 59.4 Å². The Bertz CT molecular complexity index is 353. The van der Waals surface area contributed by atoms with Crippen LogP contribution in [0.4, 0.5) is 0 Å². The second kappa shape index (κ2) is 6.58. The van der Waals surface area contributed by atoms with Crippen molar-refractivity contribution in [3.63, 3.8) is 0 Å². The molecule has 3 heteroatoms. The Kier molecular flexibility index (Phi) is 5.39. The van der Waals surface area contributed by atoms with Gasteiger partial charge >= 0.3 is 0 Å². The summed E-state index contributed by atoms with van der Waals surface area (Å²) >= 11 is 0. The van der Waals surface area contributed by atoms with E-state index < -0.39 is 0 Å². The molecule has 1 aromatic heterocycles. The van der Waals surface area contributed by atoms with Crippen LogP contribution in [0.5, 0.6) is 0 Å². The van der Waals surface area contributed by atoms with Crippen LogP contribution in [0.3, 0.4) is 0 Å². The maximum Gasteiger partial charge on any atom is 0.141 e. The van der Waals surface area contributed by atoms with E-state index in [2.05, 4.69) is 18.9 Å². The highest BCUT2D eigenvalue weighted by molar-refractivity contribution is 5.82. The van der Waals surface area contributed by atoms with Crippen LogP contribution < -0.4 is 0 Å². The number of carbonyl (C=O) groups excluding carboxylic acids is 1. The van der Waals surface area contributed by atoms with Crippen molar-refractivity contribution in [2.24, 2.45) is 5.92 Å². The summed E-state index contributed by atoms with van der Waals surface area (Å²) in [6.07, 6.45) is 5.54. The highest BCUT2D eigenvalue weighted by atomic mass is 16.1. The van der Waals surface area contributed by atoms with Crippen LogP contribution in [-0.4, -0.2) is 15.6 Å². The molecule has 96 valence electrons. The largest absolute Gasteiger partial charge is 0.299 e. The molecule has 0 amide bonds. The van der Waals surface area contributed by atoms with E-state index in [1.165, 1.54) is 0 Å². The van der Waals surface area contributed by atoms with Crippen LogP contribution in [0.25, 0.3) is 0 Å². The smallest absolute Gasteiger partial charge is 0.141 e. The summed E-state index contributed by atoms with van der Waals surface area (Å²) in [6, 6.07) is 2.43. The van der Waals surface area contributed by atoms with Gasteiger partial charge in [0.05, 0.1) is 18.2 Å². The molecule has 0 aliphatic carbocycles. The number of Topliss-reactive ketones (excluding diaryl/α,β-unsaturated/α-hetero) is 1. The van der Waals surface area contributed by atoms with E-state index in [9.17, 15) is 4.79 Å². The molecule has 0 fully saturated rings. The molecule has 0 saturated heterocycles. The highest BCUT2D eigenvalue weighted by Gasteiger charge is 2.14. The number of hydrogen-bond acceptors (Lipinski definition) is 2. The maximum absolute atomic E-state index is 11.8. The Labute approximate surface area is 104 Å². The lowest BCUT2D eigenvalue weighted by Crippen LogP contribution is -2.14. The van der Waals surface area contributed by atoms with Crippen molar-refractivity contribution in [1.82, 2.24) is 9.78 Å². The Morgan fingerprint density at radius 3 is 2.47 bits per heavy atom. The van der Waals surface area contributed by atoms with Gasteiger partial charge in [-0.1, -0.05) is 27.7 Å². The standard InChI is InChI=1S/C14H24N2O/c1-5-11(4)14(17)10-12-8-9-16(15-12)13(6-2)7-3/h8-9,11,13H,5-7,10H2,1-4H3. The van der Waals surface area contributed by atoms with Gasteiger partial charge in [0.25, 0.3) is 0 Å². The molecule has 0 aliphatic heterocycles. The van der Waals surface area contributed by atoms with Crippen LogP contribution in [0.15, 0.2) is 12.3 Å². The number of hydrogen-bond donors (Lipinski definition) is 0. The van der Waals surface area contributed by atoms with Crippen LogP contribution in [-0.2, 0) is 11.2 Å². The summed E-state index contributed by atoms with van der Waals surface area (Å²) in [6.45, 7) is 8.37. The lowest BCUT2D eigenvalue weighted by atomic mass is 10.0. The van der Waals surface area contributed by atoms with Crippen molar-refractivity contribution >= 4 is 5.78 Å². The first-order valence-corrected chi connectivity index (χ1v) is 6.69. The molecule has 0 radical (unpaired) electrons. The number of nitrogens with zero attached hydrogens (tertiary/aromatic N) is 2. The fourth-order valence-corrected chi connectivity index (χ4v) is 1.92. The molecule has 1 unspecified atom stereocenters. The van der Waals surface area contributed by atoms with E-state index in [0.717, 1.165) is 25.0 Å². The SMILES string of the molecule is CCC(C)C(=O)Cc1ccn(C(CC)CC)n1. The minimum atomic E-state index is 0.147. The molecule has 0 aliphatic rings. The fourth-order valence-electron chi connectivity index (χ4n) is 1.92. The van der Waals surface area contributed by atoms with Gasteiger partial charge in [0.1, 0.15) is 5.78 Å². The Morgan fingerprint density at radius 2 is 1.94 bits per heavy atom. The Morgan fingerprint density at radius 1 is 1.29 bits per heavy atom. The molecule has 1 rings (SSSR count). The van der Waals surface area contributed by atoms with Crippen LogP contribution in [0.2, 0.25) is 0 Å². The molecule has 1 aromatic rings. The van der Waals surface area contributed by atoms with E-state index in [1.54, 1.807) is 0 Å². The van der Waals surface area contributed by atoms with Crippen molar-refractivity contribution in [3.05, 3.63) is 18.0 Å². The predicted octanol–water partition coefficient (Wildman–Crippen LogP) is 3.40. The first-order chi connectivity index (χ1) is 8.12. The molecule has 17 heavy (non-hydrogen) atoms. The zero-order valence-electron chi connectivity index (χ0n) is 11.4. The van der Waals surface area contributed by atoms with E-state index >= 15 is 0 Å². The van der Waals surface area contributed by atoms with Crippen LogP contribution in [0, 0.1) is 5.92 Å². The van der Waals surface area contributed by atoms with Crippen molar-refractivity contribution in [1.29, 1.82) is 0 Å². The Balaban J connectivity index is 2.65. The van der Waals surface area contributed by atoms with Gasteiger partial charge in [-0.15, -0.1) is 0 Å². The topological polar surface area (TPSA) is 34.9 Å². The zero-order valence-corrected chi connectivity index (χ0v) is 11.4. The van der Waals surface area contributed by atoms with Crippen molar-refractivity contribution < 1.29 is 4.79 Å². The van der Waals surface area contributed by atoms with Crippen LogP contribution in [0.1, 0.15) is 58.7 Å². The monoisotopic (exact) mass is 236 g/mol. The molecular weight excluding hydrogens is 212 g/mol. The second-order valence-corrected chi connectivity index (χ2v) is 4.71. The fraction of sp³-hybridized carbons (Fsp3) is 0.714. The first-order valence-electron chi connectivity index (χ1n) is 6.69. The van der Waals surface area contributed by atoms with Crippen LogP contribution >= 0.6 is 0 Å². The van der Waals surface area contributed by atoms with Gasteiger partial charge in [0, 0.05) is 12.1 Å². The van der Waals surface area contributed by atoms with Crippen molar-refractivity contribution in [3.8, 4) is 0 Å². The molecule has 3 nitrogen and oxygen atoms in total. The average molecular weight is 236 g/mol. The van der Waals surface area contributed by atoms with Gasteiger partial charge < -0.3 is 0 Å². The third-order valence-electron chi connectivity index (χ3n) is 3.50. The molecule has 1 heterocycles. The Hall–Kier alpha value is -1.12. The lowest BCUT2D eigenvalue weighted by molar-refractivity contribution is -0.121. The van der Waals surface area contributed by atoms with Gasteiger partial charge in [-0.3, -0.25) is 9.48 Å². The van der Waals surface area contributed by atoms with Crippen molar-refractivity contribution in [2.75, 3.05) is 0 Å². The third kappa shape index (κ3) is 3.69. The minimum absolute atomic E-state index is 0.147. The second-order valence-electron chi connectivity index (χ2n) is 4.71. The summed E-state index contributed by atoms with van der Waals surface area (Å²) in [5.74, 6) is 0.440. The first kappa shape index (κ1) is 13.9. The minimum Gasteiger partial charge on any atom is -0.299 e. The number of aromatic nitrogens is 2. The molecule has 1 atom stereocenters. The lowest BCUT2D eigenvalue weighted by Gasteiger charge is -2.12. The number of rotatable bonds is 7. The highest BCUT2D eigenvalue weighted by Crippen LogP contribution is 2.15. The molecule has 0 aromatic carbocycles. The third-order valence-corrected chi connectivity index (χ3v) is 3.50. The molecule has 0 N–H and O–H groups in total. The summed E-state index contributed by atoms with van der Waals surface area (Å²) in [4.78, 5) is 11.8. The van der Waals surface area contributed by atoms with E-state index in [0.29, 0.717) is 18.2 Å². The van der Waals surface area contributed by atoms with Gasteiger partial charge in [0.2, 0.25) is 0 Å². The molecule has 0 spiro atoms. The number of ketones is 1. The summed E-state index contributed by atoms with van der Waals surface area (Å²) in [5, 5.41) is 4.50. The average Bonchev–Trinajstić information content (AvgIpc) is 2.78. The summed E-state index contributed by atoms with van der Waals surface area (Å²) in [7, 11) is 0. The molecule has 0 bridgehead atoms. The van der Waals surface area contributed by atoms with Gasteiger partial charge in [-0.2, -0.15) is 5.10 Å². The van der Waals surface area contributed by atoms with Gasteiger partial charge in [-0.25, -0.2) is 0 Å². The summed E-state index contributed by atoms with van der Waals surface area (Å²) in [5.41, 5.74) is 0.905. The zero-order chi connectivity index (χ0) is 12.8. The van der Waals surface area contributed by atoms with Gasteiger partial charge in [0.15, 0.2) is 0 Å².